The Labute approximate surface area is 139 Å². The number of carbonyl (C=O) groups excluding carboxylic acids is 1. The van der Waals surface area contributed by atoms with Gasteiger partial charge in [0.15, 0.2) is 0 Å². The first-order valence-corrected chi connectivity index (χ1v) is 8.38. The van der Waals surface area contributed by atoms with Crippen molar-refractivity contribution in [2.45, 2.75) is 13.8 Å². The smallest absolute Gasteiger partial charge is 0.261 e. The Morgan fingerprint density at radius 3 is 2.74 bits per heavy atom. The Bertz CT molecular complexity index is 797. The van der Waals surface area contributed by atoms with Crippen molar-refractivity contribution in [3.05, 3.63) is 57.6 Å². The third kappa shape index (κ3) is 2.91. The average Bonchev–Trinajstić information content (AvgIpc) is 3.08. The monoisotopic (exact) mass is 331 g/mol. The fourth-order valence-corrected chi connectivity index (χ4v) is 3.67. The molecule has 3 rings (SSSR count). The van der Waals surface area contributed by atoms with Crippen molar-refractivity contribution >= 4 is 23.7 Å². The number of halogens is 1. The zero-order chi connectivity index (χ0) is 16.6. The van der Waals surface area contributed by atoms with Crippen molar-refractivity contribution in [3.63, 3.8) is 0 Å². The lowest BCUT2D eigenvalue weighted by Gasteiger charge is -2.17. The molecule has 1 saturated heterocycles. The van der Waals surface area contributed by atoms with Gasteiger partial charge >= 0.3 is 0 Å². The van der Waals surface area contributed by atoms with Gasteiger partial charge < -0.3 is 4.90 Å². The molecule has 1 aliphatic rings. The third-order valence-corrected chi connectivity index (χ3v) is 5.03. The van der Waals surface area contributed by atoms with Gasteiger partial charge in [-0.1, -0.05) is 12.1 Å². The van der Waals surface area contributed by atoms with Crippen molar-refractivity contribution in [2.75, 3.05) is 12.3 Å². The lowest BCUT2D eigenvalue weighted by atomic mass is 10.1. The molecule has 1 fully saturated rings. The molecule has 1 aliphatic heterocycles. The molecule has 0 N–H and O–H groups in total. The average molecular weight is 331 g/mol. The van der Waals surface area contributed by atoms with E-state index in [1.54, 1.807) is 28.8 Å². The Hall–Kier alpha value is -2.08. The molecular weight excluding hydrogens is 313 g/mol. The summed E-state index contributed by atoms with van der Waals surface area (Å²) in [5, 5.41) is 5.24. The van der Waals surface area contributed by atoms with Crippen molar-refractivity contribution in [2.24, 2.45) is 7.05 Å². The van der Waals surface area contributed by atoms with Gasteiger partial charge in [0.25, 0.3) is 5.91 Å². The Morgan fingerprint density at radius 2 is 2.09 bits per heavy atom. The Kier molecular flexibility index (Phi) is 4.26. The quantitative estimate of drug-likeness (QED) is 0.847. The van der Waals surface area contributed by atoms with Crippen LogP contribution in [0.3, 0.4) is 0 Å². The summed E-state index contributed by atoms with van der Waals surface area (Å²) in [6.45, 7) is 4.53. The molecule has 0 spiro atoms. The number of hydrogen-bond donors (Lipinski definition) is 0. The Balaban J connectivity index is 1.96. The van der Waals surface area contributed by atoms with Gasteiger partial charge in [0.05, 0.1) is 16.3 Å². The normalized spacial score (nSPS) is 16.3. The van der Waals surface area contributed by atoms with Gasteiger partial charge in [0, 0.05) is 30.6 Å². The number of nitrogens with zero attached hydrogens (tertiary/aromatic N) is 3. The number of hydrogen-bond acceptors (Lipinski definition) is 3. The van der Waals surface area contributed by atoms with Crippen molar-refractivity contribution in [1.29, 1.82) is 0 Å². The lowest BCUT2D eigenvalue weighted by Crippen LogP contribution is -2.27. The molecular formula is C17H18FN3OS. The van der Waals surface area contributed by atoms with Crippen LogP contribution in [0.25, 0.3) is 6.08 Å². The highest BCUT2D eigenvalue weighted by molar-refractivity contribution is 8.03. The van der Waals surface area contributed by atoms with Crippen molar-refractivity contribution < 1.29 is 9.18 Å². The van der Waals surface area contributed by atoms with E-state index in [1.165, 1.54) is 12.1 Å². The van der Waals surface area contributed by atoms with E-state index in [1.807, 2.05) is 31.7 Å². The molecule has 2 heterocycles. The molecule has 0 saturated carbocycles. The van der Waals surface area contributed by atoms with Crippen LogP contribution in [-0.2, 0) is 7.05 Å². The van der Waals surface area contributed by atoms with E-state index >= 15 is 0 Å². The van der Waals surface area contributed by atoms with E-state index in [-0.39, 0.29) is 11.5 Å². The van der Waals surface area contributed by atoms with Crippen LogP contribution >= 0.6 is 11.8 Å². The maximum Gasteiger partial charge on any atom is 0.261 e. The van der Waals surface area contributed by atoms with E-state index < -0.39 is 5.82 Å². The predicted molar refractivity (Wildman–Crippen MR) is 90.6 cm³/mol. The van der Waals surface area contributed by atoms with Gasteiger partial charge in [-0.3, -0.25) is 9.48 Å². The summed E-state index contributed by atoms with van der Waals surface area (Å²) < 4.78 is 15.7. The molecule has 0 bridgehead atoms. The second-order valence-electron chi connectivity index (χ2n) is 5.48. The minimum atomic E-state index is -0.484. The molecule has 120 valence electrons. The number of thioether (sulfide) groups is 1. The standard InChI is InChI=1S/C17H18FN3OS/c1-11-14(12(2)20(3)19-11)10-16-21(8-9-23-16)17(22)13-6-4-5-7-15(13)18/h4-7,10H,8-9H2,1-3H3/b16-10+. The fraction of sp³-hybridized carbons (Fsp3) is 0.294. The summed E-state index contributed by atoms with van der Waals surface area (Å²) in [7, 11) is 1.90. The third-order valence-electron chi connectivity index (χ3n) is 4.01. The molecule has 1 aromatic carbocycles. The molecule has 4 nitrogen and oxygen atoms in total. The first-order valence-electron chi connectivity index (χ1n) is 7.40. The second-order valence-corrected chi connectivity index (χ2v) is 6.59. The molecule has 6 heteroatoms. The van der Waals surface area contributed by atoms with E-state index in [9.17, 15) is 9.18 Å². The van der Waals surface area contributed by atoms with Crippen LogP contribution in [-0.4, -0.2) is 32.9 Å². The molecule has 0 unspecified atom stereocenters. The maximum absolute atomic E-state index is 13.9. The summed E-state index contributed by atoms with van der Waals surface area (Å²) in [6.07, 6.45) is 1.98. The summed E-state index contributed by atoms with van der Waals surface area (Å²) in [5.41, 5.74) is 3.09. The summed E-state index contributed by atoms with van der Waals surface area (Å²) >= 11 is 1.61. The van der Waals surface area contributed by atoms with Gasteiger partial charge in [-0.25, -0.2) is 4.39 Å². The number of amides is 1. The summed E-state index contributed by atoms with van der Waals surface area (Å²) in [5.74, 6) is 0.0331. The highest BCUT2D eigenvalue weighted by Crippen LogP contribution is 2.32. The minimum absolute atomic E-state index is 0.112. The Morgan fingerprint density at radius 1 is 1.35 bits per heavy atom. The summed E-state index contributed by atoms with van der Waals surface area (Å²) in [4.78, 5) is 14.3. The zero-order valence-electron chi connectivity index (χ0n) is 13.3. The highest BCUT2D eigenvalue weighted by Gasteiger charge is 2.27. The SMILES string of the molecule is Cc1nn(C)c(C)c1/C=C1/SCCN1C(=O)c1ccccc1F. The molecule has 23 heavy (non-hydrogen) atoms. The van der Waals surface area contributed by atoms with E-state index in [4.69, 9.17) is 0 Å². The van der Waals surface area contributed by atoms with Crippen LogP contribution in [0.1, 0.15) is 27.3 Å². The molecule has 1 amide bonds. The van der Waals surface area contributed by atoms with Crippen LogP contribution < -0.4 is 0 Å². The lowest BCUT2D eigenvalue weighted by molar-refractivity contribution is 0.0826. The number of benzene rings is 1. The van der Waals surface area contributed by atoms with Gasteiger partial charge in [0.1, 0.15) is 5.82 Å². The number of aryl methyl sites for hydroxylation is 2. The number of aromatic nitrogens is 2. The number of rotatable bonds is 2. The van der Waals surface area contributed by atoms with Crippen molar-refractivity contribution in [3.8, 4) is 0 Å². The topological polar surface area (TPSA) is 38.1 Å². The van der Waals surface area contributed by atoms with E-state index in [0.29, 0.717) is 6.54 Å². The van der Waals surface area contributed by atoms with Crippen LogP contribution in [0.5, 0.6) is 0 Å². The predicted octanol–water partition coefficient (Wildman–Crippen LogP) is 3.36. The fourth-order valence-electron chi connectivity index (χ4n) is 2.65. The molecule has 2 aromatic rings. The van der Waals surface area contributed by atoms with Gasteiger partial charge in [-0.2, -0.15) is 5.10 Å². The molecule has 0 radical (unpaired) electrons. The van der Waals surface area contributed by atoms with Crippen molar-refractivity contribution in [1.82, 2.24) is 14.7 Å². The molecule has 1 aromatic heterocycles. The van der Waals surface area contributed by atoms with Crippen LogP contribution in [0.4, 0.5) is 4.39 Å². The maximum atomic E-state index is 13.9. The minimum Gasteiger partial charge on any atom is -0.302 e. The van der Waals surface area contributed by atoms with Gasteiger partial charge in [-0.05, 0) is 32.1 Å². The number of carbonyl (C=O) groups is 1. The summed E-state index contributed by atoms with van der Waals surface area (Å²) in [6, 6.07) is 6.11. The van der Waals surface area contributed by atoms with E-state index in [0.717, 1.165) is 27.7 Å². The van der Waals surface area contributed by atoms with Gasteiger partial charge in [-0.15, -0.1) is 11.8 Å². The zero-order valence-corrected chi connectivity index (χ0v) is 14.2. The molecule has 0 atom stereocenters. The van der Waals surface area contributed by atoms with Crippen LogP contribution in [0.2, 0.25) is 0 Å². The van der Waals surface area contributed by atoms with Crippen LogP contribution in [0, 0.1) is 19.7 Å². The molecule has 0 aliphatic carbocycles. The first-order chi connectivity index (χ1) is 11.0. The largest absolute Gasteiger partial charge is 0.302 e. The second kappa shape index (κ2) is 6.20. The highest BCUT2D eigenvalue weighted by atomic mass is 32.2. The van der Waals surface area contributed by atoms with E-state index in [2.05, 4.69) is 5.10 Å². The van der Waals surface area contributed by atoms with Crippen LogP contribution in [0.15, 0.2) is 29.3 Å². The first kappa shape index (κ1) is 15.8. The van der Waals surface area contributed by atoms with Gasteiger partial charge in [0.2, 0.25) is 0 Å².